The zero-order valence-corrected chi connectivity index (χ0v) is 11.0. The number of hydrogen-bond donors (Lipinski definition) is 1. The predicted molar refractivity (Wildman–Crippen MR) is 56.2 cm³/mol. The molecule has 0 spiro atoms. The van der Waals surface area contributed by atoms with E-state index in [9.17, 15) is 13.2 Å². The van der Waals surface area contributed by atoms with Gasteiger partial charge in [-0.2, -0.15) is 8.42 Å². The Hall–Kier alpha value is -0.890. The van der Waals surface area contributed by atoms with Gasteiger partial charge in [0.25, 0.3) is 10.1 Å². The van der Waals surface area contributed by atoms with Crippen LogP contribution in [0.1, 0.15) is 10.4 Å². The Morgan fingerprint density at radius 1 is 1.44 bits per heavy atom. The first-order chi connectivity index (χ1) is 6.99. The molecule has 1 aromatic carbocycles. The van der Waals surface area contributed by atoms with Crippen LogP contribution in [0.15, 0.2) is 28.2 Å². The topological polar surface area (TPSA) is 120 Å². The van der Waals surface area contributed by atoms with Crippen molar-refractivity contribution in [2.45, 2.75) is 4.90 Å². The van der Waals surface area contributed by atoms with Gasteiger partial charge in [-0.1, -0.05) is 11.2 Å². The fourth-order valence-electron chi connectivity index (χ4n) is 0.958. The standard InChI is InChI=1S/C7H5N3O4S.Na/c8-10-9-6-2-1-5(4-11)7(3-6)15(12,13)14;/h1-4H,(H,12,13,14);. The average Bonchev–Trinajstić information content (AvgIpc) is 2.17. The first-order valence-electron chi connectivity index (χ1n) is 3.61. The van der Waals surface area contributed by atoms with Crippen molar-refractivity contribution in [2.24, 2.45) is 5.11 Å². The minimum atomic E-state index is -4.50. The van der Waals surface area contributed by atoms with Crippen LogP contribution in [0.4, 0.5) is 5.69 Å². The second-order valence-electron chi connectivity index (χ2n) is 2.50. The summed E-state index contributed by atoms with van der Waals surface area (Å²) in [5.41, 5.74) is 7.91. The van der Waals surface area contributed by atoms with E-state index in [1.807, 2.05) is 0 Å². The Bertz CT molecular complexity index is 551. The minimum absolute atomic E-state index is 0. The summed E-state index contributed by atoms with van der Waals surface area (Å²) in [5.74, 6) is 0. The second-order valence-corrected chi connectivity index (χ2v) is 3.89. The van der Waals surface area contributed by atoms with E-state index in [0.717, 1.165) is 12.1 Å². The number of aldehydes is 1. The zero-order valence-electron chi connectivity index (χ0n) is 8.23. The van der Waals surface area contributed by atoms with E-state index in [2.05, 4.69) is 10.0 Å². The molecular formula is C7H5N3NaO4S. The zero-order chi connectivity index (χ0) is 11.5. The third-order valence-corrected chi connectivity index (χ3v) is 2.47. The van der Waals surface area contributed by atoms with Gasteiger partial charge >= 0.3 is 0 Å². The molecule has 0 saturated carbocycles. The average molecular weight is 250 g/mol. The van der Waals surface area contributed by atoms with E-state index >= 15 is 0 Å². The molecule has 0 aliphatic carbocycles. The Labute approximate surface area is 113 Å². The number of benzene rings is 1. The van der Waals surface area contributed by atoms with Crippen LogP contribution in [0, 0.1) is 0 Å². The monoisotopic (exact) mass is 250 g/mol. The van der Waals surface area contributed by atoms with Gasteiger partial charge in [-0.3, -0.25) is 9.35 Å². The molecule has 16 heavy (non-hydrogen) atoms. The van der Waals surface area contributed by atoms with Crippen LogP contribution in [-0.2, 0) is 10.1 Å². The van der Waals surface area contributed by atoms with Crippen molar-refractivity contribution in [3.63, 3.8) is 0 Å². The van der Waals surface area contributed by atoms with Gasteiger partial charge in [-0.05, 0) is 17.7 Å². The Morgan fingerprint density at radius 2 is 2.06 bits per heavy atom. The molecule has 0 aliphatic heterocycles. The quantitative estimate of drug-likeness (QED) is 0.217. The summed E-state index contributed by atoms with van der Waals surface area (Å²) in [6.45, 7) is 0. The summed E-state index contributed by atoms with van der Waals surface area (Å²) in [7, 11) is -4.50. The van der Waals surface area contributed by atoms with E-state index in [1.165, 1.54) is 6.07 Å². The van der Waals surface area contributed by atoms with Gasteiger partial charge in [0, 0.05) is 45.7 Å². The molecule has 1 aromatic rings. The van der Waals surface area contributed by atoms with Crippen LogP contribution in [0.2, 0.25) is 0 Å². The maximum absolute atomic E-state index is 10.8. The van der Waals surface area contributed by atoms with Gasteiger partial charge in [0.15, 0.2) is 6.29 Å². The molecule has 1 radical (unpaired) electrons. The summed E-state index contributed by atoms with van der Waals surface area (Å²) in [4.78, 5) is 12.3. The maximum Gasteiger partial charge on any atom is 0.295 e. The molecule has 7 nitrogen and oxygen atoms in total. The third-order valence-electron chi connectivity index (χ3n) is 1.56. The Kier molecular flexibility index (Phi) is 5.66. The Balaban J connectivity index is 0.00000225. The molecule has 1 N–H and O–H groups in total. The van der Waals surface area contributed by atoms with Crippen molar-refractivity contribution in [3.8, 4) is 0 Å². The van der Waals surface area contributed by atoms with E-state index in [-0.39, 0.29) is 47.1 Å². The van der Waals surface area contributed by atoms with Gasteiger partial charge in [0.1, 0.15) is 4.90 Å². The molecular weight excluding hydrogens is 245 g/mol. The molecule has 0 saturated heterocycles. The normalized spacial score (nSPS) is 9.81. The molecule has 0 bridgehead atoms. The number of nitrogens with zero attached hydrogens (tertiary/aromatic N) is 3. The van der Waals surface area contributed by atoms with Gasteiger partial charge in [-0.25, -0.2) is 0 Å². The smallest absolute Gasteiger partial charge is 0.295 e. The molecule has 79 valence electrons. The van der Waals surface area contributed by atoms with Crippen LogP contribution in [0.3, 0.4) is 0 Å². The van der Waals surface area contributed by atoms with E-state index in [4.69, 9.17) is 10.1 Å². The summed E-state index contributed by atoms with van der Waals surface area (Å²) < 4.78 is 30.4. The number of carbonyl (C=O) groups excluding carboxylic acids is 1. The SMILES string of the molecule is [N-]=[N+]=Nc1ccc(C=O)c(S(=O)(=O)O)c1.[Na]. The predicted octanol–water partition coefficient (Wildman–Crippen LogP) is 1.31. The van der Waals surface area contributed by atoms with Gasteiger partial charge < -0.3 is 0 Å². The summed E-state index contributed by atoms with van der Waals surface area (Å²) in [6, 6.07) is 3.32. The molecule has 1 rings (SSSR count). The van der Waals surface area contributed by atoms with Crippen LogP contribution >= 0.6 is 0 Å². The molecule has 0 atom stereocenters. The van der Waals surface area contributed by atoms with Crippen molar-refractivity contribution >= 4 is 51.6 Å². The maximum atomic E-state index is 10.8. The van der Waals surface area contributed by atoms with Crippen molar-refractivity contribution in [1.29, 1.82) is 0 Å². The van der Waals surface area contributed by atoms with E-state index in [1.54, 1.807) is 0 Å². The van der Waals surface area contributed by atoms with Crippen LogP contribution < -0.4 is 0 Å². The Morgan fingerprint density at radius 3 is 2.50 bits per heavy atom. The largest absolute Gasteiger partial charge is 0.298 e. The molecule has 0 unspecified atom stereocenters. The molecule has 0 aromatic heterocycles. The second kappa shape index (κ2) is 6.00. The summed E-state index contributed by atoms with van der Waals surface area (Å²) >= 11 is 0. The molecule has 0 heterocycles. The van der Waals surface area contributed by atoms with Crippen LogP contribution in [-0.4, -0.2) is 48.8 Å². The van der Waals surface area contributed by atoms with Crippen LogP contribution in [0.5, 0.6) is 0 Å². The van der Waals surface area contributed by atoms with E-state index < -0.39 is 15.0 Å². The summed E-state index contributed by atoms with van der Waals surface area (Å²) in [5, 5.41) is 3.15. The third kappa shape index (κ3) is 3.60. The van der Waals surface area contributed by atoms with E-state index in [0.29, 0.717) is 0 Å². The van der Waals surface area contributed by atoms with Crippen molar-refractivity contribution in [1.82, 2.24) is 0 Å². The molecule has 0 fully saturated rings. The van der Waals surface area contributed by atoms with Crippen molar-refractivity contribution in [3.05, 3.63) is 34.2 Å². The van der Waals surface area contributed by atoms with Crippen LogP contribution in [0.25, 0.3) is 10.4 Å². The number of rotatable bonds is 3. The van der Waals surface area contributed by atoms with Gasteiger partial charge in [0.2, 0.25) is 0 Å². The first-order valence-corrected chi connectivity index (χ1v) is 5.05. The number of carbonyl (C=O) groups is 1. The minimum Gasteiger partial charge on any atom is -0.298 e. The van der Waals surface area contributed by atoms with Crippen molar-refractivity contribution in [2.75, 3.05) is 0 Å². The number of azide groups is 1. The number of hydrogen-bond acceptors (Lipinski definition) is 4. The summed E-state index contributed by atoms with van der Waals surface area (Å²) in [6.07, 6.45) is 0.281. The molecule has 0 amide bonds. The van der Waals surface area contributed by atoms with Gasteiger partial charge in [-0.15, -0.1) is 0 Å². The van der Waals surface area contributed by atoms with Gasteiger partial charge in [0.05, 0.1) is 0 Å². The van der Waals surface area contributed by atoms with Crippen molar-refractivity contribution < 1.29 is 17.8 Å². The molecule has 0 aliphatic rings. The first kappa shape index (κ1) is 15.1. The molecule has 9 heteroatoms. The fourth-order valence-corrected chi connectivity index (χ4v) is 1.64. The fraction of sp³-hybridized carbons (Fsp3) is 0.